The van der Waals surface area contributed by atoms with Gasteiger partial charge < -0.3 is 17.2 Å². The highest BCUT2D eigenvalue weighted by Gasteiger charge is 2.11. The fraction of sp³-hybridized carbons (Fsp3) is 0.0588. The summed E-state index contributed by atoms with van der Waals surface area (Å²) in [5.74, 6) is -0.110. The molecule has 0 atom stereocenters. The summed E-state index contributed by atoms with van der Waals surface area (Å²) in [6.45, 7) is 1.88. The van der Waals surface area contributed by atoms with E-state index in [1.807, 2.05) is 19.1 Å². The van der Waals surface area contributed by atoms with Crippen LogP contribution in [0.1, 0.15) is 17.0 Å². The molecule has 0 saturated heterocycles. The van der Waals surface area contributed by atoms with Gasteiger partial charge in [0.25, 0.3) is 5.91 Å². The predicted octanol–water partition coefficient (Wildman–Crippen LogP) is 1.16. The molecule has 0 unspecified atom stereocenters. The minimum absolute atomic E-state index is 0.126. The second-order valence-electron chi connectivity index (χ2n) is 4.87. The summed E-state index contributed by atoms with van der Waals surface area (Å²) in [5.41, 5.74) is 18.9. The van der Waals surface area contributed by atoms with Crippen molar-refractivity contribution in [2.75, 3.05) is 0 Å². The Labute approximate surface area is 139 Å². The Bertz CT molecular complexity index is 838. The van der Waals surface area contributed by atoms with Gasteiger partial charge in [-0.25, -0.2) is 9.98 Å². The summed E-state index contributed by atoms with van der Waals surface area (Å²) >= 11 is 0. The van der Waals surface area contributed by atoms with Gasteiger partial charge in [0.2, 0.25) is 0 Å². The van der Waals surface area contributed by atoms with E-state index in [2.05, 4.69) is 15.0 Å². The number of primary amides is 1. The largest absolute Gasteiger partial charge is 0.405 e. The summed E-state index contributed by atoms with van der Waals surface area (Å²) < 4.78 is 0. The fourth-order valence-electron chi connectivity index (χ4n) is 2.03. The second kappa shape index (κ2) is 7.68. The molecule has 6 N–H and O–H groups in total. The molecule has 0 saturated carbocycles. The monoisotopic (exact) mass is 322 g/mol. The number of nitrogens with two attached hydrogens (primary N) is 3. The third kappa shape index (κ3) is 4.04. The number of hydrogen-bond donors (Lipinski definition) is 3. The van der Waals surface area contributed by atoms with Crippen LogP contribution in [0, 0.1) is 6.92 Å². The smallest absolute Gasteiger partial charge is 0.252 e. The molecule has 2 rings (SSSR count). The zero-order valence-electron chi connectivity index (χ0n) is 13.2. The topological polar surface area (TPSA) is 133 Å². The molecule has 0 aliphatic rings. The first-order valence-electron chi connectivity index (χ1n) is 7.14. The van der Waals surface area contributed by atoms with E-state index in [0.717, 1.165) is 11.9 Å². The maximum Gasteiger partial charge on any atom is 0.252 e. The molecule has 2 aromatic rings. The van der Waals surface area contributed by atoms with Crippen LogP contribution >= 0.6 is 0 Å². The summed E-state index contributed by atoms with van der Waals surface area (Å²) in [7, 11) is 0. The lowest BCUT2D eigenvalue weighted by molar-refractivity contribution is -0.112. The van der Waals surface area contributed by atoms with Crippen molar-refractivity contribution >= 4 is 23.0 Å². The minimum Gasteiger partial charge on any atom is -0.405 e. The van der Waals surface area contributed by atoms with Crippen LogP contribution in [0.4, 0.5) is 5.82 Å². The van der Waals surface area contributed by atoms with E-state index in [0.29, 0.717) is 22.8 Å². The molecule has 0 fully saturated rings. The minimum atomic E-state index is -0.657. The number of aryl methyl sites for hydroxylation is 1. The Morgan fingerprint density at radius 3 is 2.67 bits per heavy atom. The maximum atomic E-state index is 11.4. The van der Waals surface area contributed by atoms with Crippen molar-refractivity contribution < 1.29 is 4.79 Å². The van der Waals surface area contributed by atoms with Crippen LogP contribution in [0.25, 0.3) is 5.57 Å². The number of allylic oxidation sites excluding steroid dienone is 1. The molecule has 7 nitrogen and oxygen atoms in total. The summed E-state index contributed by atoms with van der Waals surface area (Å²) in [4.78, 5) is 24.4. The normalized spacial score (nSPS) is 12.5. The molecule has 24 heavy (non-hydrogen) atoms. The highest BCUT2D eigenvalue weighted by molar-refractivity contribution is 6.18. The molecular weight excluding hydrogens is 304 g/mol. The highest BCUT2D eigenvalue weighted by Crippen LogP contribution is 2.16. The number of amides is 1. The molecule has 0 radical (unpaired) electrons. The zero-order valence-corrected chi connectivity index (χ0v) is 13.2. The molecule has 0 aromatic carbocycles. The quantitative estimate of drug-likeness (QED) is 0.561. The molecule has 2 heterocycles. The van der Waals surface area contributed by atoms with Crippen molar-refractivity contribution in [1.82, 2.24) is 9.97 Å². The van der Waals surface area contributed by atoms with Crippen LogP contribution in [0.2, 0.25) is 0 Å². The third-order valence-electron chi connectivity index (χ3n) is 3.13. The number of hydrogen-bond acceptors (Lipinski definition) is 6. The number of carbonyl (C=O) groups is 1. The van der Waals surface area contributed by atoms with Crippen LogP contribution in [-0.4, -0.2) is 21.6 Å². The van der Waals surface area contributed by atoms with Crippen LogP contribution in [0.15, 0.2) is 60.0 Å². The van der Waals surface area contributed by atoms with Gasteiger partial charge in [0.1, 0.15) is 0 Å². The lowest BCUT2D eigenvalue weighted by Gasteiger charge is -2.06. The fourth-order valence-corrected chi connectivity index (χ4v) is 2.03. The van der Waals surface area contributed by atoms with Gasteiger partial charge >= 0.3 is 0 Å². The van der Waals surface area contributed by atoms with Gasteiger partial charge in [0, 0.05) is 23.7 Å². The van der Waals surface area contributed by atoms with Crippen molar-refractivity contribution in [3.63, 3.8) is 0 Å². The Hall–Kier alpha value is -3.48. The van der Waals surface area contributed by atoms with E-state index in [4.69, 9.17) is 17.2 Å². The molecule has 0 aliphatic carbocycles. The first kappa shape index (κ1) is 16.9. The molecule has 0 bridgehead atoms. The van der Waals surface area contributed by atoms with Gasteiger partial charge in [0.05, 0.1) is 17.0 Å². The van der Waals surface area contributed by atoms with E-state index in [-0.39, 0.29) is 5.57 Å². The molecular formula is C17H18N6O. The summed E-state index contributed by atoms with van der Waals surface area (Å²) in [6, 6.07) is 8.94. The van der Waals surface area contributed by atoms with Crippen LogP contribution in [-0.2, 0) is 4.79 Å². The van der Waals surface area contributed by atoms with Gasteiger partial charge in [-0.3, -0.25) is 9.78 Å². The van der Waals surface area contributed by atoms with Crippen molar-refractivity contribution in [3.05, 3.63) is 72.0 Å². The number of aromatic nitrogens is 2. The Kier molecular flexibility index (Phi) is 5.40. The molecule has 0 spiro atoms. The summed E-state index contributed by atoms with van der Waals surface area (Å²) in [5, 5.41) is 0. The van der Waals surface area contributed by atoms with E-state index >= 15 is 0 Å². The van der Waals surface area contributed by atoms with E-state index in [1.54, 1.807) is 30.5 Å². The van der Waals surface area contributed by atoms with E-state index in [1.165, 1.54) is 6.20 Å². The standard InChI is InChI=1S/C17H18N6O/c1-11-3-2-4-16(22-11)23-14(5-7-18)12-6-8-21-15(9-12)13(10-19)17(20)24/h2-10H,18-19H2,1H3,(H2,20,24). The van der Waals surface area contributed by atoms with E-state index < -0.39 is 5.91 Å². The Morgan fingerprint density at radius 2 is 2.04 bits per heavy atom. The van der Waals surface area contributed by atoms with Gasteiger partial charge in [-0.15, -0.1) is 0 Å². The number of rotatable bonds is 5. The number of carbonyl (C=O) groups excluding carboxylic acids is 1. The lowest BCUT2D eigenvalue weighted by Crippen LogP contribution is -2.15. The molecule has 0 aliphatic heterocycles. The van der Waals surface area contributed by atoms with Crippen molar-refractivity contribution in [1.29, 1.82) is 0 Å². The van der Waals surface area contributed by atoms with Crippen molar-refractivity contribution in [2.45, 2.75) is 6.92 Å². The zero-order chi connectivity index (χ0) is 17.5. The van der Waals surface area contributed by atoms with E-state index in [9.17, 15) is 4.79 Å². The average Bonchev–Trinajstić information content (AvgIpc) is 2.55. The van der Waals surface area contributed by atoms with Gasteiger partial charge in [-0.2, -0.15) is 0 Å². The Morgan fingerprint density at radius 1 is 1.25 bits per heavy atom. The van der Waals surface area contributed by atoms with Crippen LogP contribution < -0.4 is 17.2 Å². The predicted molar refractivity (Wildman–Crippen MR) is 94.1 cm³/mol. The number of pyridine rings is 2. The lowest BCUT2D eigenvalue weighted by atomic mass is 10.1. The molecule has 7 heteroatoms. The highest BCUT2D eigenvalue weighted by atomic mass is 16.1. The Balaban J connectivity index is 2.51. The molecule has 2 aromatic heterocycles. The number of aliphatic imine (C=N–C) groups is 1. The van der Waals surface area contributed by atoms with Gasteiger partial charge in [0.15, 0.2) is 5.82 Å². The second-order valence-corrected chi connectivity index (χ2v) is 4.87. The van der Waals surface area contributed by atoms with Crippen molar-refractivity contribution in [3.8, 4) is 0 Å². The summed E-state index contributed by atoms with van der Waals surface area (Å²) in [6.07, 6.45) is 5.69. The SMILES string of the molecule is Cc1cccc(N=C(C=CN)c2ccnc(C(=CN)C(N)=O)c2)n1. The molecule has 1 amide bonds. The van der Waals surface area contributed by atoms with Crippen LogP contribution in [0.3, 0.4) is 0 Å². The van der Waals surface area contributed by atoms with Crippen LogP contribution in [0.5, 0.6) is 0 Å². The third-order valence-corrected chi connectivity index (χ3v) is 3.13. The number of nitrogens with zero attached hydrogens (tertiary/aromatic N) is 3. The molecule has 122 valence electrons. The maximum absolute atomic E-state index is 11.4. The van der Waals surface area contributed by atoms with Gasteiger partial charge in [-0.1, -0.05) is 6.07 Å². The first-order valence-corrected chi connectivity index (χ1v) is 7.14. The average molecular weight is 322 g/mol. The van der Waals surface area contributed by atoms with Crippen molar-refractivity contribution in [2.24, 2.45) is 22.2 Å². The first-order chi connectivity index (χ1) is 11.5. The van der Waals surface area contributed by atoms with Gasteiger partial charge in [-0.05, 0) is 43.5 Å².